The van der Waals surface area contributed by atoms with Crippen molar-refractivity contribution < 1.29 is 24.0 Å². The van der Waals surface area contributed by atoms with Gasteiger partial charge in [0.05, 0.1) is 23.6 Å². The Hall–Kier alpha value is -4.65. The van der Waals surface area contributed by atoms with Crippen LogP contribution in [0.2, 0.25) is 0 Å². The predicted octanol–water partition coefficient (Wildman–Crippen LogP) is 6.53. The molecule has 1 amide bonds. The monoisotopic (exact) mass is 532 g/mol. The molecule has 0 aliphatic rings. The Morgan fingerprint density at radius 2 is 1.82 bits per heavy atom. The van der Waals surface area contributed by atoms with Crippen LogP contribution < -0.4 is 4.90 Å². The summed E-state index contributed by atoms with van der Waals surface area (Å²) in [6.07, 6.45) is 2.70. The molecule has 0 aliphatic carbocycles. The zero-order chi connectivity index (χ0) is 28.7. The fourth-order valence-electron chi connectivity index (χ4n) is 4.20. The maximum absolute atomic E-state index is 13.4. The number of aromatic amines is 1. The Kier molecular flexibility index (Phi) is 9.09. The van der Waals surface area contributed by atoms with Crippen molar-refractivity contribution in [2.24, 2.45) is 0 Å². The summed E-state index contributed by atoms with van der Waals surface area (Å²) < 4.78 is 10.7. The molecule has 0 radical (unpaired) electrons. The van der Waals surface area contributed by atoms with Gasteiger partial charge in [-0.05, 0) is 56.9 Å². The molecule has 0 fully saturated rings. The van der Waals surface area contributed by atoms with Gasteiger partial charge in [0.2, 0.25) is 0 Å². The van der Waals surface area contributed by atoms with Crippen LogP contribution in [0.4, 0.5) is 16.2 Å². The summed E-state index contributed by atoms with van der Waals surface area (Å²) in [4.78, 5) is 41.6. The first-order chi connectivity index (χ1) is 18.5. The Balaban J connectivity index is 2.10. The summed E-state index contributed by atoms with van der Waals surface area (Å²) in [5.41, 5.74) is 2.09. The van der Waals surface area contributed by atoms with Crippen molar-refractivity contribution in [2.45, 2.75) is 59.6 Å². The van der Waals surface area contributed by atoms with Crippen LogP contribution in [0.15, 0.2) is 48.7 Å². The summed E-state index contributed by atoms with van der Waals surface area (Å²) >= 11 is 0. The van der Waals surface area contributed by atoms with Gasteiger partial charge in [-0.15, -0.1) is 0 Å². The molecule has 204 valence electrons. The van der Waals surface area contributed by atoms with Crippen molar-refractivity contribution in [3.63, 3.8) is 0 Å². The number of carbonyl (C=O) groups excluding carboxylic acids is 2. The molecule has 39 heavy (non-hydrogen) atoms. The van der Waals surface area contributed by atoms with Gasteiger partial charge in [-0.1, -0.05) is 43.7 Å². The number of rotatable bonds is 9. The van der Waals surface area contributed by atoms with E-state index < -0.39 is 28.3 Å². The third kappa shape index (κ3) is 6.82. The van der Waals surface area contributed by atoms with Gasteiger partial charge in [-0.2, -0.15) is 5.26 Å². The number of nitriles is 1. The largest absolute Gasteiger partial charge is 0.462 e. The molecule has 1 heterocycles. The van der Waals surface area contributed by atoms with Gasteiger partial charge in [0.15, 0.2) is 0 Å². The lowest BCUT2D eigenvalue weighted by Gasteiger charge is -2.28. The van der Waals surface area contributed by atoms with Gasteiger partial charge in [-0.25, -0.2) is 9.59 Å². The van der Waals surface area contributed by atoms with Crippen molar-refractivity contribution in [1.82, 2.24) is 4.98 Å². The maximum atomic E-state index is 13.4. The second kappa shape index (κ2) is 12.3. The van der Waals surface area contributed by atoms with E-state index in [0.29, 0.717) is 11.3 Å². The molecule has 0 saturated heterocycles. The SMILES string of the molecule is CCCc1c[nH]c(C#N)c1-c1ccc(CN(C(=O)OC(C)(C)C)c2c(C(=O)OCC)cccc2[N+](=O)[O-])cc1. The van der Waals surface area contributed by atoms with Gasteiger partial charge in [0.1, 0.15) is 23.1 Å². The predicted molar refractivity (Wildman–Crippen MR) is 146 cm³/mol. The van der Waals surface area contributed by atoms with Gasteiger partial charge >= 0.3 is 12.1 Å². The third-order valence-electron chi connectivity index (χ3n) is 5.77. The van der Waals surface area contributed by atoms with Crippen LogP contribution in [0.1, 0.15) is 68.2 Å². The molecular formula is C29H32N4O6. The molecular weight excluding hydrogens is 500 g/mol. The van der Waals surface area contributed by atoms with E-state index in [-0.39, 0.29) is 24.4 Å². The molecule has 10 heteroatoms. The smallest absolute Gasteiger partial charge is 0.415 e. The number of ether oxygens (including phenoxy) is 2. The molecule has 0 atom stereocenters. The molecule has 3 aromatic rings. The highest BCUT2D eigenvalue weighted by atomic mass is 16.6. The van der Waals surface area contributed by atoms with E-state index in [2.05, 4.69) is 18.0 Å². The number of nitro groups is 1. The van der Waals surface area contributed by atoms with Crippen molar-refractivity contribution >= 4 is 23.4 Å². The molecule has 0 bridgehead atoms. The topological polar surface area (TPSA) is 139 Å². The third-order valence-corrected chi connectivity index (χ3v) is 5.77. The summed E-state index contributed by atoms with van der Waals surface area (Å²) in [5, 5.41) is 21.5. The number of aryl methyl sites for hydroxylation is 1. The molecule has 1 N–H and O–H groups in total. The fraction of sp³-hybridized carbons (Fsp3) is 0.345. The molecule has 0 unspecified atom stereocenters. The molecule has 3 rings (SSSR count). The number of carbonyl (C=O) groups is 2. The highest BCUT2D eigenvalue weighted by Gasteiger charge is 2.33. The number of hydrogen-bond donors (Lipinski definition) is 1. The van der Waals surface area contributed by atoms with Crippen LogP contribution in [0.25, 0.3) is 11.1 Å². The first-order valence-electron chi connectivity index (χ1n) is 12.6. The van der Waals surface area contributed by atoms with Crippen LogP contribution in [0.3, 0.4) is 0 Å². The minimum atomic E-state index is -0.898. The molecule has 1 aromatic heterocycles. The number of hydrogen-bond acceptors (Lipinski definition) is 7. The second-order valence-electron chi connectivity index (χ2n) is 9.84. The Labute approximate surface area is 227 Å². The van der Waals surface area contributed by atoms with E-state index in [1.807, 2.05) is 18.3 Å². The van der Waals surface area contributed by atoms with Crippen molar-refractivity contribution in [3.8, 4) is 17.2 Å². The lowest BCUT2D eigenvalue weighted by molar-refractivity contribution is -0.384. The van der Waals surface area contributed by atoms with E-state index in [0.717, 1.165) is 34.4 Å². The van der Waals surface area contributed by atoms with Crippen molar-refractivity contribution in [3.05, 3.63) is 81.2 Å². The normalized spacial score (nSPS) is 11.0. The first-order valence-corrected chi connectivity index (χ1v) is 12.6. The quantitative estimate of drug-likeness (QED) is 0.188. The zero-order valence-corrected chi connectivity index (χ0v) is 22.7. The van der Waals surface area contributed by atoms with Gasteiger partial charge in [-0.3, -0.25) is 15.0 Å². The number of H-pyrrole nitrogens is 1. The van der Waals surface area contributed by atoms with Crippen LogP contribution in [-0.4, -0.2) is 34.2 Å². The van der Waals surface area contributed by atoms with E-state index in [4.69, 9.17) is 9.47 Å². The van der Waals surface area contributed by atoms with Gasteiger partial charge in [0, 0.05) is 17.8 Å². The average Bonchev–Trinajstić information content (AvgIpc) is 3.29. The van der Waals surface area contributed by atoms with Crippen molar-refractivity contribution in [2.75, 3.05) is 11.5 Å². The highest BCUT2D eigenvalue weighted by Crippen LogP contribution is 2.35. The minimum absolute atomic E-state index is 0.0543. The Morgan fingerprint density at radius 3 is 2.38 bits per heavy atom. The molecule has 0 aliphatic heterocycles. The standard InChI is InChI=1S/C29H32N4O6/c1-6-9-21-17-31-23(16-30)25(21)20-14-12-19(13-15-20)18-32(28(35)39-29(3,4)5)26-22(27(34)38-7-2)10-8-11-24(26)33(36)37/h8,10-15,17,31H,6-7,9,18H2,1-5H3. The lowest BCUT2D eigenvalue weighted by Crippen LogP contribution is -2.37. The van der Waals surface area contributed by atoms with E-state index in [1.54, 1.807) is 39.8 Å². The van der Waals surface area contributed by atoms with Crippen LogP contribution in [-0.2, 0) is 22.4 Å². The fourth-order valence-corrected chi connectivity index (χ4v) is 4.20. The number of nitrogens with zero attached hydrogens (tertiary/aromatic N) is 3. The van der Waals surface area contributed by atoms with E-state index in [1.165, 1.54) is 18.2 Å². The van der Waals surface area contributed by atoms with Crippen LogP contribution in [0, 0.1) is 21.4 Å². The number of amides is 1. The van der Waals surface area contributed by atoms with E-state index >= 15 is 0 Å². The summed E-state index contributed by atoms with van der Waals surface area (Å²) in [7, 11) is 0. The van der Waals surface area contributed by atoms with Crippen LogP contribution in [0.5, 0.6) is 0 Å². The first kappa shape index (κ1) is 28.9. The van der Waals surface area contributed by atoms with Gasteiger partial charge < -0.3 is 14.5 Å². The summed E-state index contributed by atoms with van der Waals surface area (Å²) in [6.45, 7) is 8.66. The second-order valence-corrected chi connectivity index (χ2v) is 9.84. The van der Waals surface area contributed by atoms with E-state index in [9.17, 15) is 25.0 Å². The van der Waals surface area contributed by atoms with Gasteiger partial charge in [0.25, 0.3) is 5.69 Å². The van der Waals surface area contributed by atoms with Crippen molar-refractivity contribution in [1.29, 1.82) is 5.26 Å². The number of nitrogens with one attached hydrogen (secondary N) is 1. The zero-order valence-electron chi connectivity index (χ0n) is 22.7. The summed E-state index contributed by atoms with van der Waals surface area (Å²) in [6, 6.07) is 13.4. The molecule has 0 spiro atoms. The van der Waals surface area contributed by atoms with Crippen LogP contribution >= 0.6 is 0 Å². The Bertz CT molecular complexity index is 1400. The number of nitro benzene ring substituents is 1. The number of esters is 1. The molecule has 10 nitrogen and oxygen atoms in total. The number of benzene rings is 2. The molecule has 0 saturated carbocycles. The molecule has 2 aromatic carbocycles. The summed E-state index contributed by atoms with van der Waals surface area (Å²) in [5.74, 6) is -0.792. The number of para-hydroxylation sites is 1. The highest BCUT2D eigenvalue weighted by molar-refractivity contribution is 6.03. The Morgan fingerprint density at radius 1 is 1.13 bits per heavy atom. The number of anilines is 1. The lowest BCUT2D eigenvalue weighted by atomic mass is 9.98. The number of aromatic nitrogens is 1. The average molecular weight is 533 g/mol. The maximum Gasteiger partial charge on any atom is 0.415 e. The minimum Gasteiger partial charge on any atom is -0.462 e.